The summed E-state index contributed by atoms with van der Waals surface area (Å²) in [5.74, 6) is 1.93. The van der Waals surface area contributed by atoms with Crippen LogP contribution >= 0.6 is 18.9 Å². The number of para-hydroxylation sites is 6. The van der Waals surface area contributed by atoms with E-state index in [-0.39, 0.29) is 73.0 Å². The molecule has 0 N–H and O–H groups in total. The summed E-state index contributed by atoms with van der Waals surface area (Å²) in [5, 5.41) is 26.9. The maximum absolute atomic E-state index is 15.4. The van der Waals surface area contributed by atoms with Gasteiger partial charge in [-0.2, -0.15) is 99.9 Å². The van der Waals surface area contributed by atoms with Crippen LogP contribution in [-0.4, -0.2) is 78.2 Å². The number of fused-ring (bicyclic) bond motifs is 12. The number of ether oxygens (including phenoxy) is 1. The second-order valence-corrected chi connectivity index (χ2v) is 34.1. The molecule has 1 atom stereocenters. The zero-order valence-electron chi connectivity index (χ0n) is 64.8. The van der Waals surface area contributed by atoms with Gasteiger partial charge in [0, 0.05) is 108 Å². The number of sulfone groups is 1. The van der Waals surface area contributed by atoms with Crippen molar-refractivity contribution in [3.05, 3.63) is 408 Å². The van der Waals surface area contributed by atoms with E-state index < -0.39 is 17.0 Å². The van der Waals surface area contributed by atoms with Crippen LogP contribution in [0, 0.1) is 43.1 Å². The van der Waals surface area contributed by atoms with Crippen molar-refractivity contribution < 1.29 is 80.9 Å². The average molecular weight is 2190 g/mol. The topological polar surface area (TPSA) is 166 Å². The molecule has 0 aliphatic carbocycles. The molecule has 0 saturated carbocycles. The van der Waals surface area contributed by atoms with Crippen LogP contribution in [0.3, 0.4) is 0 Å². The van der Waals surface area contributed by atoms with Crippen LogP contribution in [0.4, 0.5) is 5.69 Å². The van der Waals surface area contributed by atoms with E-state index >= 15 is 4.57 Å². The Morgan fingerprint density at radius 1 is 0.398 bits per heavy atom. The molecule has 2 aliphatic heterocycles. The second kappa shape index (κ2) is 34.1. The quantitative estimate of drug-likeness (QED) is 0.0705. The minimum absolute atomic E-state index is 0. The van der Waals surface area contributed by atoms with E-state index in [0.29, 0.717) is 33.6 Å². The molecule has 0 amide bonds. The first-order valence-electron chi connectivity index (χ1n) is 38.6. The third-order valence-corrected chi connectivity index (χ3v) is 26.9. The molecule has 123 heavy (non-hydrogen) atoms. The Morgan fingerprint density at radius 2 is 0.837 bits per heavy atom. The fourth-order valence-electron chi connectivity index (χ4n) is 15.9. The first kappa shape index (κ1) is 81.0. The number of benzene rings is 13. The van der Waals surface area contributed by atoms with E-state index in [2.05, 4.69) is 220 Å². The predicted molar refractivity (Wildman–Crippen MR) is 473 cm³/mol. The van der Waals surface area contributed by atoms with Gasteiger partial charge in [0.1, 0.15) is 7.14 Å². The van der Waals surface area contributed by atoms with Gasteiger partial charge in [0.25, 0.3) is 0 Å². The summed E-state index contributed by atoms with van der Waals surface area (Å²) >= 11 is 1.62. The van der Waals surface area contributed by atoms with Crippen molar-refractivity contribution in [3.63, 3.8) is 0 Å². The molecular weight excluding hydrogens is 2130 g/mol. The van der Waals surface area contributed by atoms with Gasteiger partial charge in [-0.15, -0.1) is 99.5 Å². The zero-order chi connectivity index (χ0) is 80.4. The number of aromatic nitrogens is 12. The zero-order valence-corrected chi connectivity index (χ0v) is 74.2. The van der Waals surface area contributed by atoms with Gasteiger partial charge in [0.2, 0.25) is 5.88 Å². The van der Waals surface area contributed by atoms with E-state index in [9.17, 15) is 8.42 Å². The summed E-state index contributed by atoms with van der Waals surface area (Å²) < 4.78 is 62.1. The Hall–Kier alpha value is -13.0. The van der Waals surface area contributed by atoms with Crippen molar-refractivity contribution in [3.8, 4) is 56.9 Å². The molecule has 0 spiro atoms. The molecule has 604 valence electrons. The fraction of sp³-hybridized carbons (Fsp3) is 0.0101. The number of hydrogen-bond donors (Lipinski definition) is 0. The summed E-state index contributed by atoms with van der Waals surface area (Å²) in [6.45, 7) is 2.03. The molecule has 0 bridgehead atoms. The molecule has 10 heterocycles. The van der Waals surface area contributed by atoms with Gasteiger partial charge >= 0.3 is 42.1 Å². The normalized spacial score (nSPS) is 13.4. The number of pyridine rings is 1. The van der Waals surface area contributed by atoms with Crippen LogP contribution < -0.4 is 25.6 Å². The van der Waals surface area contributed by atoms with E-state index in [1.165, 1.54) is 44.7 Å². The second-order valence-electron chi connectivity index (χ2n) is 28.5. The minimum Gasteiger partial charge on any atom is -0.499 e. The maximum Gasteiger partial charge on any atom is 2.00 e. The van der Waals surface area contributed by atoms with Crippen LogP contribution in [0.5, 0.6) is 11.6 Å². The number of nitrogens with zero attached hydrogens (tertiary/aromatic N) is 14. The van der Waals surface area contributed by atoms with E-state index in [0.717, 1.165) is 93.3 Å². The largest absolute Gasteiger partial charge is 2.00 e. The SMILES string of the molecule is CN1[CH-]N(c2[c-]c(P3(=O)c4[c-]c(Oc5ccccn5)ccc4-c4ccccc43)ccc2)C=C1n1c2ccccc2c2ccccc21.O=S(=O)(c1[c-]c(-n2cccn2)ccc1)c1[c-]c(-n2cc(-n3c4ccccc4c4ccccc43)cn2)ccc1.[Pt+2].[Pt+2].[Pt].[c-]1c(Sc2[c-]c(-n3cc(-n4c5ccccc5c5ccccc54)cn3)ccc2)cccc1-n1cccn1. The third kappa shape index (κ3) is 14.9. The average Bonchev–Trinajstić information content (AvgIpc) is 1.56. The van der Waals surface area contributed by atoms with Gasteiger partial charge in [-0.25, -0.2) is 13.4 Å². The van der Waals surface area contributed by atoms with Crippen molar-refractivity contribution in [2.45, 2.75) is 19.6 Å². The third-order valence-electron chi connectivity index (χ3n) is 21.3. The summed E-state index contributed by atoms with van der Waals surface area (Å²) in [7, 11) is -5.17. The summed E-state index contributed by atoms with van der Waals surface area (Å²) in [4.78, 5) is 10.5. The number of rotatable bonds is 15. The van der Waals surface area contributed by atoms with Gasteiger partial charge in [-0.3, -0.25) is 23.3 Å². The predicted octanol–water partition coefficient (Wildman–Crippen LogP) is 20.0. The molecule has 0 radical (unpaired) electrons. The van der Waals surface area contributed by atoms with E-state index in [4.69, 9.17) is 4.74 Å². The Kier molecular flexibility index (Phi) is 22.5. The van der Waals surface area contributed by atoms with Crippen molar-refractivity contribution in [1.29, 1.82) is 0 Å². The Morgan fingerprint density at radius 3 is 1.33 bits per heavy atom. The van der Waals surface area contributed by atoms with Gasteiger partial charge in [0.05, 0.1) is 75.1 Å². The first-order chi connectivity index (χ1) is 59.0. The number of anilines is 1. The van der Waals surface area contributed by atoms with Crippen LogP contribution in [0.1, 0.15) is 0 Å². The molecule has 1 unspecified atom stereocenters. The Balaban J connectivity index is 0.000000125. The fourth-order valence-corrected chi connectivity index (χ4v) is 21.0. The standard InChI is InChI=1S/C39H26N4O2P.C30H19N5O2S.C30H19N5S.3Pt/c1-41-26-42(25-39(41)43-34-16-5-2-13-30(34)31-14-3-6-17-35(31)43)27-11-10-12-29(23-27)46(44)36-18-7-4-15-32(36)33-21-20-28(24-37(33)46)45-38-19-8-9-22-40-38;36-38(37,25-10-5-8-22(18-25)33-17-7-16-31-33)26-11-6-9-23(19-26)34-21-24(20-32-34)35-29-14-3-1-12-27(29)28-13-2-4-15-30(28)35;1-3-14-29-27(12-1)28-13-2-4-15-30(28)35(29)24-20-32-34(21-24)23-9-6-11-26(19-23)36-25-10-5-8-22(18-25)33-17-7-16-31-33;;;/h2-22,25-26H,1H3;1-17,20-21H;1-17,20-21H;;;/q-3;2*-2;;2*+2. The molecule has 21 aromatic rings. The van der Waals surface area contributed by atoms with E-state index in [1.807, 2.05) is 174 Å². The van der Waals surface area contributed by atoms with Gasteiger partial charge in [-0.1, -0.05) is 156 Å². The molecule has 23 rings (SSSR count). The molecular formula is C99H64N14O4PPt3S2-3. The van der Waals surface area contributed by atoms with Gasteiger partial charge < -0.3 is 28.2 Å². The summed E-state index contributed by atoms with van der Waals surface area (Å²) in [6, 6.07) is 119. The van der Waals surface area contributed by atoms with Gasteiger partial charge in [0.15, 0.2) is 9.84 Å². The molecule has 2 aliphatic rings. The molecule has 13 aromatic carbocycles. The Labute approximate surface area is 755 Å². The molecule has 8 aromatic heterocycles. The van der Waals surface area contributed by atoms with Crippen LogP contribution in [0.2, 0.25) is 0 Å². The van der Waals surface area contributed by atoms with E-state index in [1.54, 1.807) is 88.5 Å². The van der Waals surface area contributed by atoms with Crippen molar-refractivity contribution in [1.82, 2.24) is 62.7 Å². The molecule has 0 saturated heterocycles. The number of hydrogen-bond acceptors (Lipinski definition) is 12. The molecule has 0 fully saturated rings. The monoisotopic (exact) mass is 2190 g/mol. The van der Waals surface area contributed by atoms with Crippen molar-refractivity contribution >= 4 is 122 Å². The van der Waals surface area contributed by atoms with Crippen LogP contribution in [-0.2, 0) is 77.6 Å². The maximum atomic E-state index is 15.4. The minimum atomic E-state index is -3.88. The smallest absolute Gasteiger partial charge is 0.499 e. The van der Waals surface area contributed by atoms with Crippen molar-refractivity contribution in [2.24, 2.45) is 0 Å². The first-order valence-corrected chi connectivity index (χ1v) is 42.6. The van der Waals surface area contributed by atoms with Gasteiger partial charge in [-0.05, 0) is 94.2 Å². The van der Waals surface area contributed by atoms with Crippen LogP contribution in [0.15, 0.2) is 385 Å². The molecule has 18 nitrogen and oxygen atoms in total. The summed E-state index contributed by atoms with van der Waals surface area (Å²) in [5.41, 5.74) is 14.1. The Bertz CT molecular complexity index is 7580. The van der Waals surface area contributed by atoms with Crippen molar-refractivity contribution in [2.75, 3.05) is 11.9 Å². The van der Waals surface area contributed by atoms with Crippen LogP contribution in [0.25, 0.3) is 116 Å². The summed E-state index contributed by atoms with van der Waals surface area (Å²) in [6.07, 6.45) is 18.5. The molecule has 24 heteroatoms.